The van der Waals surface area contributed by atoms with Crippen LogP contribution in [0.4, 0.5) is 0 Å². The summed E-state index contributed by atoms with van der Waals surface area (Å²) in [6, 6.07) is 0.550. The predicted molar refractivity (Wildman–Crippen MR) is 66.6 cm³/mol. The molecule has 0 radical (unpaired) electrons. The third kappa shape index (κ3) is 5.16. The van der Waals surface area contributed by atoms with E-state index in [-0.39, 0.29) is 17.9 Å². The molecule has 3 nitrogen and oxygen atoms in total. The Morgan fingerprint density at radius 3 is 2.53 bits per heavy atom. The minimum atomic E-state index is -0.107. The van der Waals surface area contributed by atoms with Crippen LogP contribution in [0.5, 0.6) is 0 Å². The van der Waals surface area contributed by atoms with Gasteiger partial charge in [-0.1, -0.05) is 6.92 Å². The summed E-state index contributed by atoms with van der Waals surface area (Å²) in [5.41, 5.74) is 5.94. The Morgan fingerprint density at radius 1 is 1.47 bits per heavy atom. The van der Waals surface area contributed by atoms with Gasteiger partial charge < -0.3 is 10.5 Å². The van der Waals surface area contributed by atoms with Crippen molar-refractivity contribution >= 4 is 12.4 Å². The lowest BCUT2D eigenvalue weighted by Gasteiger charge is -2.41. The Bertz CT molecular complexity index is 182. The summed E-state index contributed by atoms with van der Waals surface area (Å²) in [6.45, 7) is 11.3. The van der Waals surface area contributed by atoms with Gasteiger partial charge in [-0.15, -0.1) is 12.4 Å². The number of nitrogens with two attached hydrogens (primary N) is 1. The monoisotopic (exact) mass is 236 g/mol. The first-order valence-corrected chi connectivity index (χ1v) is 5.57. The highest BCUT2D eigenvalue weighted by molar-refractivity contribution is 5.85. The summed E-state index contributed by atoms with van der Waals surface area (Å²) >= 11 is 0. The van der Waals surface area contributed by atoms with Gasteiger partial charge in [-0.05, 0) is 27.2 Å². The minimum Gasteiger partial charge on any atom is -0.376 e. The first kappa shape index (κ1) is 15.2. The molecule has 0 saturated carbocycles. The van der Waals surface area contributed by atoms with Crippen LogP contribution in [0.3, 0.4) is 0 Å². The maximum atomic E-state index is 6.05. The van der Waals surface area contributed by atoms with Crippen molar-refractivity contribution in [2.75, 3.05) is 19.7 Å². The molecule has 1 aliphatic heterocycles. The summed E-state index contributed by atoms with van der Waals surface area (Å²) in [7, 11) is 0. The molecule has 1 rings (SSSR count). The largest absolute Gasteiger partial charge is 0.376 e. The highest BCUT2D eigenvalue weighted by Gasteiger charge is 2.28. The zero-order chi connectivity index (χ0) is 10.8. The highest BCUT2D eigenvalue weighted by atomic mass is 35.5. The van der Waals surface area contributed by atoms with E-state index in [1.54, 1.807) is 0 Å². The maximum absolute atomic E-state index is 6.05. The normalized spacial score (nSPS) is 28.6. The number of hydrogen-bond acceptors (Lipinski definition) is 3. The lowest BCUT2D eigenvalue weighted by atomic mass is 10.0. The van der Waals surface area contributed by atoms with Crippen molar-refractivity contribution in [3.63, 3.8) is 0 Å². The van der Waals surface area contributed by atoms with E-state index in [1.807, 2.05) is 0 Å². The van der Waals surface area contributed by atoms with Gasteiger partial charge >= 0.3 is 0 Å². The van der Waals surface area contributed by atoms with Crippen LogP contribution in [0.15, 0.2) is 0 Å². The van der Waals surface area contributed by atoms with Crippen LogP contribution in [-0.2, 0) is 4.74 Å². The average Bonchev–Trinajstić information content (AvgIpc) is 2.01. The Balaban J connectivity index is 0.00000196. The van der Waals surface area contributed by atoms with E-state index in [1.165, 1.54) is 0 Å². The molecule has 15 heavy (non-hydrogen) atoms. The van der Waals surface area contributed by atoms with Gasteiger partial charge in [0.05, 0.1) is 12.7 Å². The van der Waals surface area contributed by atoms with Crippen LogP contribution >= 0.6 is 12.4 Å². The number of ether oxygens (including phenoxy) is 1. The van der Waals surface area contributed by atoms with Crippen molar-refractivity contribution in [3.05, 3.63) is 0 Å². The first-order valence-electron chi connectivity index (χ1n) is 5.57. The van der Waals surface area contributed by atoms with Crippen molar-refractivity contribution in [1.82, 2.24) is 4.90 Å². The van der Waals surface area contributed by atoms with Gasteiger partial charge in [-0.25, -0.2) is 0 Å². The fourth-order valence-electron chi connectivity index (χ4n) is 2.01. The molecular weight excluding hydrogens is 212 g/mol. The average molecular weight is 237 g/mol. The van der Waals surface area contributed by atoms with E-state index >= 15 is 0 Å². The number of morpholine rings is 1. The summed E-state index contributed by atoms with van der Waals surface area (Å²) in [6.07, 6.45) is 1.49. The van der Waals surface area contributed by atoms with Crippen molar-refractivity contribution in [1.29, 1.82) is 0 Å². The third-order valence-corrected chi connectivity index (χ3v) is 2.66. The summed E-state index contributed by atoms with van der Waals surface area (Å²) < 4.78 is 5.64. The molecule has 2 atom stereocenters. The smallest absolute Gasteiger partial charge is 0.0674 e. The molecule has 1 aliphatic rings. The number of nitrogens with zero attached hydrogens (tertiary/aromatic N) is 1. The second-order valence-corrected chi connectivity index (χ2v) is 5.12. The number of hydrogen-bond donors (Lipinski definition) is 1. The molecular formula is C11H25ClN2O. The topological polar surface area (TPSA) is 38.5 Å². The molecule has 2 unspecified atom stereocenters. The zero-order valence-corrected chi connectivity index (χ0v) is 11.1. The van der Waals surface area contributed by atoms with Crippen LogP contribution in [-0.4, -0.2) is 42.3 Å². The molecule has 0 aromatic rings. The highest BCUT2D eigenvalue weighted by Crippen LogP contribution is 2.16. The Hall–Kier alpha value is 0.170. The van der Waals surface area contributed by atoms with E-state index in [4.69, 9.17) is 10.5 Å². The lowest BCUT2D eigenvalue weighted by Crippen LogP contribution is -2.55. The fourth-order valence-corrected chi connectivity index (χ4v) is 2.01. The molecule has 0 aromatic carbocycles. The second-order valence-electron chi connectivity index (χ2n) is 5.12. The Labute approximate surface area is 99.7 Å². The van der Waals surface area contributed by atoms with Gasteiger partial charge in [-0.2, -0.15) is 0 Å². The molecule has 1 fully saturated rings. The quantitative estimate of drug-likeness (QED) is 0.810. The van der Waals surface area contributed by atoms with Gasteiger partial charge in [0.1, 0.15) is 0 Å². The molecule has 0 spiro atoms. The van der Waals surface area contributed by atoms with Crippen LogP contribution in [0.2, 0.25) is 0 Å². The van der Waals surface area contributed by atoms with Gasteiger partial charge in [-0.3, -0.25) is 4.90 Å². The van der Waals surface area contributed by atoms with Gasteiger partial charge in [0.25, 0.3) is 0 Å². The van der Waals surface area contributed by atoms with E-state index in [0.717, 1.165) is 26.1 Å². The zero-order valence-electron chi connectivity index (χ0n) is 10.3. The van der Waals surface area contributed by atoms with Crippen LogP contribution in [0, 0.1) is 0 Å². The molecule has 0 amide bonds. The first-order chi connectivity index (χ1) is 6.42. The van der Waals surface area contributed by atoms with Crippen molar-refractivity contribution in [3.8, 4) is 0 Å². The van der Waals surface area contributed by atoms with Gasteiger partial charge in [0.15, 0.2) is 0 Å². The molecule has 0 aromatic heterocycles. The van der Waals surface area contributed by atoms with E-state index in [0.29, 0.717) is 12.1 Å². The van der Waals surface area contributed by atoms with E-state index < -0.39 is 0 Å². The van der Waals surface area contributed by atoms with E-state index in [2.05, 4.69) is 32.6 Å². The van der Waals surface area contributed by atoms with Gasteiger partial charge in [0.2, 0.25) is 0 Å². The standard InChI is InChI=1S/C11H24N2O.ClH/c1-5-10-7-14-9(2)6-13(10)8-11(3,4)12;/h9-10H,5-8,12H2,1-4H3;1H. The SMILES string of the molecule is CCC1COC(C)CN1CC(C)(C)N.Cl. The van der Waals surface area contributed by atoms with Crippen molar-refractivity contribution in [2.24, 2.45) is 5.73 Å². The van der Waals surface area contributed by atoms with Crippen LogP contribution in [0.1, 0.15) is 34.1 Å². The van der Waals surface area contributed by atoms with Crippen LogP contribution < -0.4 is 5.73 Å². The molecule has 0 aliphatic carbocycles. The summed E-state index contributed by atoms with van der Waals surface area (Å²) in [5.74, 6) is 0. The molecule has 92 valence electrons. The maximum Gasteiger partial charge on any atom is 0.0674 e. The predicted octanol–water partition coefficient (Wildman–Crippen LogP) is 1.64. The Morgan fingerprint density at radius 2 is 2.07 bits per heavy atom. The Kier molecular flexibility index (Phi) is 6.11. The van der Waals surface area contributed by atoms with Crippen LogP contribution in [0.25, 0.3) is 0 Å². The molecule has 2 N–H and O–H groups in total. The third-order valence-electron chi connectivity index (χ3n) is 2.66. The number of rotatable bonds is 3. The summed E-state index contributed by atoms with van der Waals surface area (Å²) in [5, 5.41) is 0. The molecule has 4 heteroatoms. The number of halogens is 1. The molecule has 1 saturated heterocycles. The van der Waals surface area contributed by atoms with Gasteiger partial charge in [0, 0.05) is 24.7 Å². The van der Waals surface area contributed by atoms with E-state index in [9.17, 15) is 0 Å². The van der Waals surface area contributed by atoms with Crippen molar-refractivity contribution < 1.29 is 4.74 Å². The molecule has 0 bridgehead atoms. The second kappa shape index (κ2) is 6.04. The molecule has 1 heterocycles. The minimum absolute atomic E-state index is 0. The lowest BCUT2D eigenvalue weighted by molar-refractivity contribution is -0.0607. The summed E-state index contributed by atoms with van der Waals surface area (Å²) in [4.78, 5) is 2.47. The fraction of sp³-hybridized carbons (Fsp3) is 1.00. The van der Waals surface area contributed by atoms with Crippen molar-refractivity contribution in [2.45, 2.75) is 51.8 Å².